The van der Waals surface area contributed by atoms with Crippen LogP contribution in [0.3, 0.4) is 0 Å². The van der Waals surface area contributed by atoms with Gasteiger partial charge in [0.05, 0.1) is 37.7 Å². The average Bonchev–Trinajstić information content (AvgIpc) is 3.29. The van der Waals surface area contributed by atoms with E-state index in [9.17, 15) is 28.8 Å². The molecule has 2 aromatic carbocycles. The van der Waals surface area contributed by atoms with Gasteiger partial charge >= 0.3 is 12.1 Å². The summed E-state index contributed by atoms with van der Waals surface area (Å²) >= 11 is 0. The number of amides is 5. The summed E-state index contributed by atoms with van der Waals surface area (Å²) < 4.78 is 11.1. The molecular weight excluding hydrogens is 827 g/mol. The molecule has 0 spiro atoms. The Balaban J connectivity index is 1.56. The number of para-hydroxylation sites is 1. The number of rotatable bonds is 27. The first kappa shape index (κ1) is 52.2. The number of alkyl carbamates (subject to hydrolysis) is 1. The number of fused-ring (bicyclic) bond motifs is 1. The van der Waals surface area contributed by atoms with Gasteiger partial charge in [-0.1, -0.05) is 146 Å². The van der Waals surface area contributed by atoms with E-state index in [1.165, 1.54) is 45.3 Å². The van der Waals surface area contributed by atoms with Crippen molar-refractivity contribution in [2.75, 3.05) is 20.2 Å². The number of esters is 1. The molecule has 356 valence electrons. The molecule has 65 heavy (non-hydrogen) atoms. The molecule has 15 nitrogen and oxygen atoms in total. The first-order chi connectivity index (χ1) is 31.4. The lowest BCUT2D eigenvalue weighted by Gasteiger charge is -2.36. The van der Waals surface area contributed by atoms with Crippen LogP contribution >= 0.6 is 0 Å². The van der Waals surface area contributed by atoms with E-state index in [0.29, 0.717) is 18.5 Å². The highest BCUT2D eigenvalue weighted by Crippen LogP contribution is 2.25. The van der Waals surface area contributed by atoms with Crippen LogP contribution in [0.4, 0.5) is 4.79 Å². The van der Waals surface area contributed by atoms with Crippen LogP contribution in [-0.2, 0) is 35.1 Å². The molecule has 1 heterocycles. The monoisotopic (exact) mass is 900 g/mol. The summed E-state index contributed by atoms with van der Waals surface area (Å²) in [4.78, 5) is 84.6. The summed E-state index contributed by atoms with van der Waals surface area (Å²) in [6, 6.07) is 16.7. The standard InChI is InChI=1S/C50H73N7O8/c1-5-6-7-8-9-10-11-12-19-28-45(59)65-43(34-57(33-37-24-17-14-18-25-37)56-49(62)46(35(2)3)55-50(63)64-4)42(31-36-22-15-13-16-23-36)53-47(60)39(51)32-44(58)54-48(61)41-30-29-38-26-20-21-27-40(38)52-41/h13,15-16,20-23,26-27,29-30,35,37,39,42-43,46H,5-12,14,17-19,24-25,28,31-34,51H2,1-4H3,(H,53,60)(H,55,63)(H,56,62)(H,54,58,61). The van der Waals surface area contributed by atoms with Gasteiger partial charge in [-0.2, -0.15) is 0 Å². The van der Waals surface area contributed by atoms with E-state index in [2.05, 4.69) is 33.3 Å². The topological polar surface area (TPSA) is 211 Å². The predicted molar refractivity (Wildman–Crippen MR) is 251 cm³/mol. The van der Waals surface area contributed by atoms with Crippen molar-refractivity contribution in [2.24, 2.45) is 17.6 Å². The van der Waals surface area contributed by atoms with E-state index < -0.39 is 66.3 Å². The zero-order valence-electron chi connectivity index (χ0n) is 39.0. The lowest BCUT2D eigenvalue weighted by molar-refractivity contribution is -0.154. The Labute approximate surface area is 385 Å². The van der Waals surface area contributed by atoms with E-state index in [4.69, 9.17) is 15.2 Å². The molecule has 0 radical (unpaired) electrons. The number of pyridine rings is 1. The highest BCUT2D eigenvalue weighted by molar-refractivity contribution is 6.05. The lowest BCUT2D eigenvalue weighted by atomic mass is 9.89. The van der Waals surface area contributed by atoms with Crippen LogP contribution in [0.15, 0.2) is 66.7 Å². The van der Waals surface area contributed by atoms with Gasteiger partial charge in [0.1, 0.15) is 17.8 Å². The predicted octanol–water partition coefficient (Wildman–Crippen LogP) is 7.06. The van der Waals surface area contributed by atoms with Gasteiger partial charge in [-0.15, -0.1) is 0 Å². The van der Waals surface area contributed by atoms with Crippen molar-refractivity contribution < 1.29 is 38.2 Å². The molecule has 0 saturated heterocycles. The number of benzene rings is 2. The van der Waals surface area contributed by atoms with Gasteiger partial charge in [-0.05, 0) is 55.2 Å². The van der Waals surface area contributed by atoms with Crippen LogP contribution < -0.4 is 27.1 Å². The highest BCUT2D eigenvalue weighted by Gasteiger charge is 2.34. The van der Waals surface area contributed by atoms with E-state index in [-0.39, 0.29) is 36.9 Å². The molecule has 15 heteroatoms. The number of nitrogens with one attached hydrogen (secondary N) is 4. The quantitative estimate of drug-likeness (QED) is 0.0297. The largest absolute Gasteiger partial charge is 0.459 e. The van der Waals surface area contributed by atoms with Crippen molar-refractivity contribution >= 4 is 46.6 Å². The van der Waals surface area contributed by atoms with Crippen molar-refractivity contribution in [3.63, 3.8) is 0 Å². The van der Waals surface area contributed by atoms with E-state index in [1.54, 1.807) is 23.2 Å². The molecule has 3 aromatic rings. The van der Waals surface area contributed by atoms with Gasteiger partial charge < -0.3 is 25.8 Å². The molecule has 1 aliphatic rings. The Bertz CT molecular complexity index is 1960. The Kier molecular flexibility index (Phi) is 22.9. The third-order valence-electron chi connectivity index (χ3n) is 11.9. The van der Waals surface area contributed by atoms with Gasteiger partial charge in [0, 0.05) is 18.4 Å². The Morgan fingerprint density at radius 3 is 2.14 bits per heavy atom. The fourth-order valence-electron chi connectivity index (χ4n) is 8.22. The average molecular weight is 900 g/mol. The number of carbonyl (C=O) groups is 6. The summed E-state index contributed by atoms with van der Waals surface area (Å²) in [5, 5.41) is 10.5. The summed E-state index contributed by atoms with van der Waals surface area (Å²) in [5.74, 6) is -3.15. The molecule has 1 aromatic heterocycles. The Hall–Kier alpha value is -5.41. The van der Waals surface area contributed by atoms with Crippen LogP contribution in [0.25, 0.3) is 10.9 Å². The molecule has 4 atom stereocenters. The minimum Gasteiger partial charge on any atom is -0.459 e. The smallest absolute Gasteiger partial charge is 0.407 e. The number of methoxy groups -OCH3 is 1. The Morgan fingerprint density at radius 2 is 1.46 bits per heavy atom. The van der Waals surface area contributed by atoms with E-state index in [1.807, 2.05) is 56.3 Å². The number of hydrazine groups is 1. The van der Waals surface area contributed by atoms with Gasteiger partial charge in [-0.25, -0.2) is 14.8 Å². The SMILES string of the molecule is CCCCCCCCCCCC(=O)OC(CN(CC1CCCCC1)NC(=O)C(NC(=O)OC)C(C)C)C(Cc1ccccc1)NC(=O)C(N)CC(=O)NC(=O)c1ccc2ccccc2n1. The molecule has 1 saturated carbocycles. The maximum absolute atomic E-state index is 14.0. The maximum atomic E-state index is 14.0. The molecule has 6 N–H and O–H groups in total. The number of hydrogen-bond donors (Lipinski definition) is 5. The number of carbonyl (C=O) groups excluding carboxylic acids is 6. The van der Waals surface area contributed by atoms with Crippen LogP contribution in [0, 0.1) is 11.8 Å². The number of nitrogens with zero attached hydrogens (tertiary/aromatic N) is 2. The van der Waals surface area contributed by atoms with Crippen molar-refractivity contribution in [3.05, 3.63) is 78.0 Å². The molecule has 1 aliphatic carbocycles. The minimum absolute atomic E-state index is 0.00442. The van der Waals surface area contributed by atoms with Crippen LogP contribution in [0.2, 0.25) is 0 Å². The molecule has 0 aliphatic heterocycles. The van der Waals surface area contributed by atoms with Crippen molar-refractivity contribution in [2.45, 2.75) is 154 Å². The minimum atomic E-state index is -1.38. The summed E-state index contributed by atoms with van der Waals surface area (Å²) in [5.41, 5.74) is 10.9. The number of hydrogen-bond acceptors (Lipinski definition) is 11. The van der Waals surface area contributed by atoms with Gasteiger partial charge in [0.2, 0.25) is 11.8 Å². The third kappa shape index (κ3) is 18.9. The summed E-state index contributed by atoms with van der Waals surface area (Å²) in [6.07, 6.45) is 13.0. The zero-order chi connectivity index (χ0) is 47.0. The first-order valence-electron chi connectivity index (χ1n) is 23.8. The highest BCUT2D eigenvalue weighted by atomic mass is 16.5. The molecule has 1 fully saturated rings. The normalized spacial score (nSPS) is 14.8. The molecule has 0 bridgehead atoms. The molecule has 4 rings (SSSR count). The first-order valence-corrected chi connectivity index (χ1v) is 23.8. The third-order valence-corrected chi connectivity index (χ3v) is 11.9. The number of ether oxygens (including phenoxy) is 2. The summed E-state index contributed by atoms with van der Waals surface area (Å²) in [6.45, 7) is 6.26. The zero-order valence-corrected chi connectivity index (χ0v) is 39.0. The maximum Gasteiger partial charge on any atom is 0.407 e. The second-order valence-electron chi connectivity index (χ2n) is 17.7. The molecule has 5 amide bonds. The van der Waals surface area contributed by atoms with Crippen LogP contribution in [0.5, 0.6) is 0 Å². The number of nitrogens with two attached hydrogens (primary N) is 1. The lowest BCUT2D eigenvalue weighted by Crippen LogP contribution is -2.60. The van der Waals surface area contributed by atoms with Gasteiger partial charge in [0.25, 0.3) is 11.8 Å². The number of aromatic nitrogens is 1. The van der Waals surface area contributed by atoms with Gasteiger partial charge in [0.15, 0.2) is 0 Å². The van der Waals surface area contributed by atoms with E-state index in [0.717, 1.165) is 62.3 Å². The second kappa shape index (κ2) is 28.5. The Morgan fingerprint density at radius 1 is 0.800 bits per heavy atom. The van der Waals surface area contributed by atoms with Crippen molar-refractivity contribution in [3.8, 4) is 0 Å². The van der Waals surface area contributed by atoms with Gasteiger partial charge in [-0.3, -0.25) is 34.7 Å². The van der Waals surface area contributed by atoms with Crippen molar-refractivity contribution in [1.82, 2.24) is 31.4 Å². The fourth-order valence-corrected chi connectivity index (χ4v) is 8.22. The number of unbranched alkanes of at least 4 members (excludes halogenated alkanes) is 8. The number of imide groups is 1. The molecular formula is C50H73N7O8. The van der Waals surface area contributed by atoms with Crippen molar-refractivity contribution in [1.29, 1.82) is 0 Å². The van der Waals surface area contributed by atoms with Crippen LogP contribution in [0.1, 0.15) is 140 Å². The second-order valence-corrected chi connectivity index (χ2v) is 17.7. The van der Waals surface area contributed by atoms with E-state index >= 15 is 0 Å². The fraction of sp³-hybridized carbons (Fsp3) is 0.580. The van der Waals surface area contributed by atoms with Crippen LogP contribution in [-0.4, -0.2) is 90.1 Å². The molecule has 4 unspecified atom stereocenters. The summed E-state index contributed by atoms with van der Waals surface area (Å²) in [7, 11) is 1.23.